The molecule has 0 fully saturated rings. The second-order valence-electron chi connectivity index (χ2n) is 2.83. The Morgan fingerprint density at radius 3 is 2.36 bits per heavy atom. The average Bonchev–Trinajstić information content (AvgIpc) is 2.07. The molecule has 0 aliphatic heterocycles. The Bertz CT molecular complexity index is 369. The molecule has 0 bridgehead atoms. The summed E-state index contributed by atoms with van der Waals surface area (Å²) in [7, 11) is 0. The maximum absolute atomic E-state index is 11.5. The van der Waals surface area contributed by atoms with E-state index in [1.54, 1.807) is 6.92 Å². The molecule has 0 saturated carbocycles. The van der Waals surface area contributed by atoms with Gasteiger partial charge in [0.05, 0.1) is 0 Å². The zero-order valence-corrected chi connectivity index (χ0v) is 9.49. The van der Waals surface area contributed by atoms with Crippen molar-refractivity contribution in [1.29, 1.82) is 0 Å². The molecule has 14 heavy (non-hydrogen) atoms. The molecular formula is C9H7Cl3O2. The number of hydrogen-bond acceptors (Lipinski definition) is 2. The number of carbonyl (C=O) groups excluding carboxylic acids is 1. The van der Waals surface area contributed by atoms with E-state index < -0.39 is 9.58 Å². The molecule has 0 aliphatic carbocycles. The van der Waals surface area contributed by atoms with Gasteiger partial charge in [-0.15, -0.1) is 0 Å². The molecule has 0 amide bonds. The summed E-state index contributed by atoms with van der Waals surface area (Å²) in [6.45, 7) is 1.66. The van der Waals surface area contributed by atoms with Crippen LogP contribution < -0.4 is 0 Å². The Hall–Kier alpha value is -0.440. The quantitative estimate of drug-likeness (QED) is 0.616. The summed E-state index contributed by atoms with van der Waals surface area (Å²) < 4.78 is -1.95. The fourth-order valence-electron chi connectivity index (χ4n) is 0.960. The molecular weight excluding hydrogens is 246 g/mol. The van der Waals surface area contributed by atoms with Crippen LogP contribution in [0, 0.1) is 6.92 Å². The fraction of sp³-hybridized carbons (Fsp3) is 0.222. The lowest BCUT2D eigenvalue weighted by Crippen LogP contribution is -2.18. The molecule has 0 aromatic heterocycles. The Kier molecular flexibility index (Phi) is 3.30. The normalized spacial score (nSPS) is 11.4. The average molecular weight is 254 g/mol. The summed E-state index contributed by atoms with van der Waals surface area (Å²) in [5.74, 6) is -0.503. The smallest absolute Gasteiger partial charge is 0.253 e. The SMILES string of the molecule is Cc1cc(C(=O)C(Cl)(Cl)Cl)ccc1O. The van der Waals surface area contributed by atoms with Crippen LogP contribution in [0.2, 0.25) is 0 Å². The molecule has 1 aromatic rings. The van der Waals surface area contributed by atoms with Gasteiger partial charge in [-0.05, 0) is 30.7 Å². The predicted octanol–water partition coefficient (Wildman–Crippen LogP) is 3.25. The highest BCUT2D eigenvalue weighted by molar-refractivity contribution is 6.77. The Balaban J connectivity index is 3.10. The Morgan fingerprint density at radius 1 is 1.36 bits per heavy atom. The number of phenols is 1. The molecule has 0 unspecified atom stereocenters. The van der Waals surface area contributed by atoms with Crippen LogP contribution in [0.15, 0.2) is 18.2 Å². The van der Waals surface area contributed by atoms with Crippen LogP contribution in [0.4, 0.5) is 0 Å². The standard InChI is InChI=1S/C9H7Cl3O2/c1-5-4-6(2-3-7(5)13)8(14)9(10,11)12/h2-4,13H,1H3. The first-order chi connectivity index (χ1) is 6.32. The van der Waals surface area contributed by atoms with E-state index in [-0.39, 0.29) is 11.3 Å². The summed E-state index contributed by atoms with van der Waals surface area (Å²) >= 11 is 16.3. The van der Waals surface area contributed by atoms with E-state index in [1.165, 1.54) is 18.2 Å². The number of carbonyl (C=O) groups is 1. The largest absolute Gasteiger partial charge is 0.508 e. The topological polar surface area (TPSA) is 37.3 Å². The van der Waals surface area contributed by atoms with E-state index in [9.17, 15) is 9.90 Å². The van der Waals surface area contributed by atoms with Crippen molar-refractivity contribution in [2.24, 2.45) is 0 Å². The van der Waals surface area contributed by atoms with Crippen molar-refractivity contribution in [3.05, 3.63) is 29.3 Å². The van der Waals surface area contributed by atoms with Crippen LogP contribution in [0.5, 0.6) is 5.75 Å². The van der Waals surface area contributed by atoms with Crippen molar-refractivity contribution < 1.29 is 9.90 Å². The molecule has 0 heterocycles. The number of alkyl halides is 3. The minimum absolute atomic E-state index is 0.103. The van der Waals surface area contributed by atoms with Gasteiger partial charge in [-0.3, -0.25) is 4.79 Å². The van der Waals surface area contributed by atoms with Gasteiger partial charge in [0.2, 0.25) is 5.78 Å². The Labute approximate surface area is 96.4 Å². The van der Waals surface area contributed by atoms with Gasteiger partial charge in [0.1, 0.15) is 5.75 Å². The minimum Gasteiger partial charge on any atom is -0.508 e. The summed E-state index contributed by atoms with van der Waals surface area (Å²) in [6.07, 6.45) is 0. The van der Waals surface area contributed by atoms with Gasteiger partial charge in [0.25, 0.3) is 3.79 Å². The summed E-state index contributed by atoms with van der Waals surface area (Å²) in [4.78, 5) is 11.5. The highest BCUT2D eigenvalue weighted by Gasteiger charge is 2.31. The summed E-state index contributed by atoms with van der Waals surface area (Å²) in [5, 5.41) is 9.22. The molecule has 1 rings (SSSR count). The van der Waals surface area contributed by atoms with Gasteiger partial charge in [0, 0.05) is 5.56 Å². The molecule has 76 valence electrons. The first kappa shape index (κ1) is 11.6. The fourth-order valence-corrected chi connectivity index (χ4v) is 1.29. The van der Waals surface area contributed by atoms with Gasteiger partial charge in [-0.25, -0.2) is 0 Å². The van der Waals surface area contributed by atoms with Crippen molar-refractivity contribution in [3.8, 4) is 5.75 Å². The monoisotopic (exact) mass is 252 g/mol. The van der Waals surface area contributed by atoms with Crippen molar-refractivity contribution in [2.75, 3.05) is 0 Å². The molecule has 0 aliphatic rings. The summed E-state index contributed by atoms with van der Waals surface area (Å²) in [5.41, 5.74) is 0.824. The van der Waals surface area contributed by atoms with Crippen LogP contribution in [0.3, 0.4) is 0 Å². The molecule has 0 spiro atoms. The highest BCUT2D eigenvalue weighted by atomic mass is 35.6. The highest BCUT2D eigenvalue weighted by Crippen LogP contribution is 2.31. The van der Waals surface area contributed by atoms with Crippen molar-refractivity contribution >= 4 is 40.6 Å². The molecule has 5 heteroatoms. The van der Waals surface area contributed by atoms with E-state index >= 15 is 0 Å². The first-order valence-corrected chi connectivity index (χ1v) is 4.87. The predicted molar refractivity (Wildman–Crippen MR) is 57.5 cm³/mol. The lowest BCUT2D eigenvalue weighted by molar-refractivity contribution is 0.0996. The van der Waals surface area contributed by atoms with Crippen molar-refractivity contribution in [2.45, 2.75) is 10.7 Å². The van der Waals surface area contributed by atoms with Crippen LogP contribution >= 0.6 is 34.8 Å². The number of Topliss-reactive ketones (excluding diaryl/α,β-unsaturated/α-hetero) is 1. The first-order valence-electron chi connectivity index (χ1n) is 3.73. The van der Waals surface area contributed by atoms with Gasteiger partial charge in [-0.1, -0.05) is 34.8 Å². The second kappa shape index (κ2) is 3.97. The molecule has 1 aromatic carbocycles. The van der Waals surface area contributed by atoms with E-state index in [2.05, 4.69) is 0 Å². The molecule has 0 radical (unpaired) electrons. The van der Waals surface area contributed by atoms with E-state index in [4.69, 9.17) is 34.8 Å². The lowest BCUT2D eigenvalue weighted by atomic mass is 10.1. The molecule has 0 atom stereocenters. The van der Waals surface area contributed by atoms with E-state index in [0.29, 0.717) is 5.56 Å². The third-order valence-electron chi connectivity index (χ3n) is 1.72. The van der Waals surface area contributed by atoms with E-state index in [0.717, 1.165) is 0 Å². The van der Waals surface area contributed by atoms with Crippen LogP contribution in [-0.2, 0) is 0 Å². The zero-order valence-electron chi connectivity index (χ0n) is 7.22. The zero-order chi connectivity index (χ0) is 10.9. The maximum atomic E-state index is 11.5. The minimum atomic E-state index is -1.95. The Morgan fingerprint density at radius 2 is 1.93 bits per heavy atom. The van der Waals surface area contributed by atoms with Crippen LogP contribution in [-0.4, -0.2) is 14.7 Å². The molecule has 0 saturated heterocycles. The number of phenolic OH excluding ortho intramolecular Hbond substituents is 1. The number of aromatic hydroxyl groups is 1. The van der Waals surface area contributed by atoms with Gasteiger partial charge in [-0.2, -0.15) is 0 Å². The number of ketones is 1. The third kappa shape index (κ3) is 2.53. The van der Waals surface area contributed by atoms with Gasteiger partial charge < -0.3 is 5.11 Å². The number of benzene rings is 1. The molecule has 2 nitrogen and oxygen atoms in total. The summed E-state index contributed by atoms with van der Waals surface area (Å²) in [6, 6.07) is 4.27. The maximum Gasteiger partial charge on any atom is 0.253 e. The van der Waals surface area contributed by atoms with Gasteiger partial charge >= 0.3 is 0 Å². The van der Waals surface area contributed by atoms with Gasteiger partial charge in [0.15, 0.2) is 0 Å². The number of rotatable bonds is 1. The second-order valence-corrected chi connectivity index (χ2v) is 5.11. The molecule has 1 N–H and O–H groups in total. The number of halogens is 3. The van der Waals surface area contributed by atoms with Crippen molar-refractivity contribution in [3.63, 3.8) is 0 Å². The van der Waals surface area contributed by atoms with Crippen molar-refractivity contribution in [1.82, 2.24) is 0 Å². The van der Waals surface area contributed by atoms with E-state index in [1.807, 2.05) is 0 Å². The van der Waals surface area contributed by atoms with Crippen LogP contribution in [0.25, 0.3) is 0 Å². The number of aryl methyl sites for hydroxylation is 1. The van der Waals surface area contributed by atoms with Crippen LogP contribution in [0.1, 0.15) is 15.9 Å². The lowest BCUT2D eigenvalue weighted by Gasteiger charge is -2.10. The number of hydrogen-bond donors (Lipinski definition) is 1. The third-order valence-corrected chi connectivity index (χ3v) is 2.23.